The molecule has 1 aliphatic heterocycles. The first-order valence-electron chi connectivity index (χ1n) is 6.92. The van der Waals surface area contributed by atoms with Crippen LogP contribution in [0.1, 0.15) is 24.5 Å². The Labute approximate surface area is 119 Å². The van der Waals surface area contributed by atoms with Gasteiger partial charge in [-0.2, -0.15) is 0 Å². The average molecular weight is 296 g/mol. The Balaban J connectivity index is 2.11. The molecule has 0 aromatic heterocycles. The van der Waals surface area contributed by atoms with Crippen LogP contribution in [-0.2, 0) is 27.5 Å². The summed E-state index contributed by atoms with van der Waals surface area (Å²) in [6.07, 6.45) is 1.81. The molecule has 110 valence electrons. The summed E-state index contributed by atoms with van der Waals surface area (Å²) < 4.78 is 23.0. The Morgan fingerprint density at radius 3 is 2.35 bits per heavy atom. The first kappa shape index (κ1) is 15.0. The fourth-order valence-corrected chi connectivity index (χ4v) is 4.64. The molecular formula is C15H20O4S. The van der Waals surface area contributed by atoms with Gasteiger partial charge in [0.15, 0.2) is 9.84 Å². The minimum atomic E-state index is -3.04. The largest absolute Gasteiger partial charge is 0.481 e. The van der Waals surface area contributed by atoms with Gasteiger partial charge in [0, 0.05) is 0 Å². The van der Waals surface area contributed by atoms with Crippen molar-refractivity contribution in [1.82, 2.24) is 0 Å². The van der Waals surface area contributed by atoms with Crippen molar-refractivity contribution in [2.45, 2.75) is 26.2 Å². The molecule has 0 spiro atoms. The normalized spacial score (nSPS) is 22.6. The Morgan fingerprint density at radius 1 is 1.30 bits per heavy atom. The van der Waals surface area contributed by atoms with Crippen LogP contribution in [0.4, 0.5) is 0 Å². The molecule has 0 aliphatic carbocycles. The monoisotopic (exact) mass is 296 g/mol. The van der Waals surface area contributed by atoms with Gasteiger partial charge in [0.25, 0.3) is 0 Å². The number of hydrogen-bond acceptors (Lipinski definition) is 3. The lowest BCUT2D eigenvalue weighted by molar-refractivity contribution is -0.143. The first-order chi connectivity index (χ1) is 9.41. The number of carboxylic acids is 1. The zero-order valence-corrected chi connectivity index (χ0v) is 12.4. The molecule has 0 bridgehead atoms. The van der Waals surface area contributed by atoms with E-state index in [-0.39, 0.29) is 17.4 Å². The lowest BCUT2D eigenvalue weighted by Crippen LogP contribution is -2.26. The lowest BCUT2D eigenvalue weighted by Gasteiger charge is -2.18. The molecule has 0 saturated carbocycles. The van der Waals surface area contributed by atoms with Crippen LogP contribution >= 0.6 is 0 Å². The third kappa shape index (κ3) is 3.60. The van der Waals surface area contributed by atoms with Crippen LogP contribution in [0.15, 0.2) is 24.3 Å². The van der Waals surface area contributed by atoms with E-state index in [0.717, 1.165) is 12.0 Å². The van der Waals surface area contributed by atoms with Crippen LogP contribution < -0.4 is 0 Å². The number of benzene rings is 1. The highest BCUT2D eigenvalue weighted by molar-refractivity contribution is 7.91. The highest BCUT2D eigenvalue weighted by atomic mass is 32.2. The van der Waals surface area contributed by atoms with Crippen molar-refractivity contribution in [2.24, 2.45) is 11.8 Å². The second-order valence-electron chi connectivity index (χ2n) is 5.48. The van der Waals surface area contributed by atoms with E-state index in [4.69, 9.17) is 0 Å². The molecular weight excluding hydrogens is 276 g/mol. The van der Waals surface area contributed by atoms with Gasteiger partial charge in [-0.3, -0.25) is 4.79 Å². The second-order valence-corrected chi connectivity index (χ2v) is 7.71. The molecule has 1 fully saturated rings. The molecule has 2 atom stereocenters. The fourth-order valence-electron chi connectivity index (χ4n) is 2.76. The van der Waals surface area contributed by atoms with Crippen molar-refractivity contribution in [1.29, 1.82) is 0 Å². The summed E-state index contributed by atoms with van der Waals surface area (Å²) in [7, 11) is -3.04. The quantitative estimate of drug-likeness (QED) is 0.901. The van der Waals surface area contributed by atoms with Crippen LogP contribution in [-0.4, -0.2) is 31.0 Å². The Kier molecular flexibility index (Phi) is 4.48. The Morgan fingerprint density at radius 2 is 1.90 bits per heavy atom. The summed E-state index contributed by atoms with van der Waals surface area (Å²) >= 11 is 0. The molecule has 1 saturated heterocycles. The van der Waals surface area contributed by atoms with Crippen LogP contribution in [0.2, 0.25) is 0 Å². The molecule has 5 heteroatoms. The second kappa shape index (κ2) is 5.95. The summed E-state index contributed by atoms with van der Waals surface area (Å²) in [5.41, 5.74) is 2.17. The number of hydrogen-bond donors (Lipinski definition) is 1. The van der Waals surface area contributed by atoms with E-state index in [9.17, 15) is 18.3 Å². The molecule has 2 rings (SSSR count). The summed E-state index contributed by atoms with van der Waals surface area (Å²) in [4.78, 5) is 11.4. The molecule has 1 N–H and O–H groups in total. The van der Waals surface area contributed by atoms with Gasteiger partial charge in [-0.1, -0.05) is 31.2 Å². The number of carbonyl (C=O) groups is 1. The maximum absolute atomic E-state index is 11.5. The summed E-state index contributed by atoms with van der Waals surface area (Å²) in [6.45, 7) is 2.07. The third-order valence-electron chi connectivity index (χ3n) is 4.04. The number of sulfone groups is 1. The molecule has 0 radical (unpaired) electrons. The van der Waals surface area contributed by atoms with Gasteiger partial charge in [0.05, 0.1) is 17.4 Å². The number of aryl methyl sites for hydroxylation is 1. The number of rotatable bonds is 5. The van der Waals surface area contributed by atoms with Crippen molar-refractivity contribution in [3.63, 3.8) is 0 Å². The van der Waals surface area contributed by atoms with E-state index in [2.05, 4.69) is 6.92 Å². The first-order valence-corrected chi connectivity index (χ1v) is 8.74. The van der Waals surface area contributed by atoms with Crippen molar-refractivity contribution < 1.29 is 18.3 Å². The number of carboxylic acid groups (broad SMARTS) is 1. The zero-order valence-electron chi connectivity index (χ0n) is 11.6. The fraction of sp³-hybridized carbons (Fsp3) is 0.533. The maximum Gasteiger partial charge on any atom is 0.307 e. The van der Waals surface area contributed by atoms with Gasteiger partial charge in [0.1, 0.15) is 0 Å². The summed E-state index contributed by atoms with van der Waals surface area (Å²) in [6, 6.07) is 7.88. The molecule has 1 aromatic carbocycles. The molecule has 2 unspecified atom stereocenters. The minimum Gasteiger partial charge on any atom is -0.481 e. The smallest absolute Gasteiger partial charge is 0.307 e. The van der Waals surface area contributed by atoms with Crippen LogP contribution in [0.5, 0.6) is 0 Å². The molecule has 20 heavy (non-hydrogen) atoms. The Hall–Kier alpha value is -1.36. The van der Waals surface area contributed by atoms with Gasteiger partial charge >= 0.3 is 5.97 Å². The van der Waals surface area contributed by atoms with Crippen LogP contribution in [0, 0.1) is 11.8 Å². The van der Waals surface area contributed by atoms with Gasteiger partial charge < -0.3 is 5.11 Å². The third-order valence-corrected chi connectivity index (χ3v) is 5.83. The molecule has 1 aromatic rings. The Bertz CT molecular complexity index is 574. The van der Waals surface area contributed by atoms with Gasteiger partial charge in [-0.15, -0.1) is 0 Å². The highest BCUT2D eigenvalue weighted by Gasteiger charge is 2.37. The molecule has 0 amide bonds. The highest BCUT2D eigenvalue weighted by Crippen LogP contribution is 2.29. The topological polar surface area (TPSA) is 71.4 Å². The van der Waals surface area contributed by atoms with Crippen LogP contribution in [0.3, 0.4) is 0 Å². The summed E-state index contributed by atoms with van der Waals surface area (Å²) in [5, 5.41) is 9.37. The van der Waals surface area contributed by atoms with Crippen molar-refractivity contribution in [3.8, 4) is 0 Å². The molecule has 4 nitrogen and oxygen atoms in total. The number of aliphatic carboxylic acids is 1. The van der Waals surface area contributed by atoms with Crippen molar-refractivity contribution in [2.75, 3.05) is 11.5 Å². The predicted octanol–water partition coefficient (Wildman–Crippen LogP) is 1.93. The molecule has 1 aliphatic rings. The average Bonchev–Trinajstić information content (AvgIpc) is 2.76. The van der Waals surface area contributed by atoms with Gasteiger partial charge in [0.2, 0.25) is 0 Å². The van der Waals surface area contributed by atoms with E-state index in [1.165, 1.54) is 5.56 Å². The van der Waals surface area contributed by atoms with E-state index in [0.29, 0.717) is 12.8 Å². The van der Waals surface area contributed by atoms with E-state index < -0.39 is 21.7 Å². The van der Waals surface area contributed by atoms with Crippen molar-refractivity contribution >= 4 is 15.8 Å². The predicted molar refractivity (Wildman–Crippen MR) is 77.4 cm³/mol. The van der Waals surface area contributed by atoms with Crippen molar-refractivity contribution in [3.05, 3.63) is 35.4 Å². The molecule has 1 heterocycles. The summed E-state index contributed by atoms with van der Waals surface area (Å²) in [5.74, 6) is -1.64. The van der Waals surface area contributed by atoms with E-state index in [1.54, 1.807) is 0 Å². The maximum atomic E-state index is 11.5. The SMILES string of the molecule is CCc1ccc(CC(C(=O)O)C2CCS(=O)(=O)C2)cc1. The van der Waals surface area contributed by atoms with E-state index in [1.807, 2.05) is 24.3 Å². The van der Waals surface area contributed by atoms with Crippen LogP contribution in [0.25, 0.3) is 0 Å². The minimum absolute atomic E-state index is 0.0109. The lowest BCUT2D eigenvalue weighted by atomic mass is 9.86. The standard InChI is InChI=1S/C15H20O4S/c1-2-11-3-5-12(6-4-11)9-14(15(16)17)13-7-8-20(18,19)10-13/h3-6,13-14H,2,7-10H2,1H3,(H,16,17). The van der Waals surface area contributed by atoms with E-state index >= 15 is 0 Å². The zero-order chi connectivity index (χ0) is 14.8. The van der Waals surface area contributed by atoms with Gasteiger partial charge in [-0.25, -0.2) is 8.42 Å². The van der Waals surface area contributed by atoms with Gasteiger partial charge in [-0.05, 0) is 36.3 Å².